The zero-order chi connectivity index (χ0) is 14.8. The number of fused-ring (bicyclic) bond motifs is 1. The number of rotatable bonds is 4. The summed E-state index contributed by atoms with van der Waals surface area (Å²) in [5.74, 6) is 2.10. The van der Waals surface area contributed by atoms with Gasteiger partial charge in [-0.05, 0) is 36.8 Å². The third-order valence-electron chi connectivity index (χ3n) is 3.05. The number of benzene rings is 1. The lowest BCUT2D eigenvalue weighted by atomic mass is 10.3. The Balaban J connectivity index is 1.82. The summed E-state index contributed by atoms with van der Waals surface area (Å²) in [5, 5.41) is 0.981. The van der Waals surface area contributed by atoms with Gasteiger partial charge in [0.1, 0.15) is 16.5 Å². The largest absolute Gasteiger partial charge is 0.383 e. The van der Waals surface area contributed by atoms with Crippen molar-refractivity contribution in [2.24, 2.45) is 0 Å². The summed E-state index contributed by atoms with van der Waals surface area (Å²) in [6.45, 7) is 2.14. The molecule has 108 valence electrons. The molecular formula is C15H14BrN3S2. The predicted molar refractivity (Wildman–Crippen MR) is 94.9 cm³/mol. The summed E-state index contributed by atoms with van der Waals surface area (Å²) in [6.07, 6.45) is 1.00. The van der Waals surface area contributed by atoms with Crippen LogP contribution >= 0.6 is 39.0 Å². The smallest absolute Gasteiger partial charge is 0.142 e. The number of nitrogens with zero attached hydrogens (tertiary/aromatic N) is 2. The van der Waals surface area contributed by atoms with Crippen LogP contribution in [0.3, 0.4) is 0 Å². The van der Waals surface area contributed by atoms with Crippen molar-refractivity contribution in [2.45, 2.75) is 24.0 Å². The molecule has 0 saturated heterocycles. The van der Waals surface area contributed by atoms with E-state index in [0.717, 1.165) is 32.7 Å². The standard InChI is InChI=1S/C15H14BrN3S2/c1-2-10-7-12-14(17)18-13(19-15(12)21-10)8-20-11-5-3-9(16)4-6-11/h3-7H,2,8H2,1H3,(H2,17,18,19). The van der Waals surface area contributed by atoms with E-state index in [4.69, 9.17) is 5.73 Å². The lowest BCUT2D eigenvalue weighted by Gasteiger charge is -2.03. The zero-order valence-corrected chi connectivity index (χ0v) is 14.7. The van der Waals surface area contributed by atoms with Gasteiger partial charge in [-0.25, -0.2) is 9.97 Å². The number of nitrogens with two attached hydrogens (primary N) is 1. The molecule has 1 aromatic carbocycles. The topological polar surface area (TPSA) is 51.8 Å². The minimum atomic E-state index is 0.586. The lowest BCUT2D eigenvalue weighted by Crippen LogP contribution is -1.98. The van der Waals surface area contributed by atoms with Gasteiger partial charge in [0.25, 0.3) is 0 Å². The molecule has 6 heteroatoms. The van der Waals surface area contributed by atoms with Crippen molar-refractivity contribution in [3.63, 3.8) is 0 Å². The van der Waals surface area contributed by atoms with Crippen LogP contribution in [-0.2, 0) is 12.2 Å². The molecule has 0 aliphatic rings. The molecule has 0 spiro atoms. The van der Waals surface area contributed by atoms with E-state index in [1.807, 2.05) is 12.1 Å². The summed E-state index contributed by atoms with van der Waals surface area (Å²) in [5.41, 5.74) is 6.05. The molecule has 0 saturated carbocycles. The van der Waals surface area contributed by atoms with Crippen LogP contribution in [0.5, 0.6) is 0 Å². The van der Waals surface area contributed by atoms with E-state index in [2.05, 4.69) is 51.0 Å². The van der Waals surface area contributed by atoms with Gasteiger partial charge in [-0.15, -0.1) is 23.1 Å². The molecule has 0 amide bonds. The second-order valence-corrected chi connectivity index (χ2v) is 7.63. The molecule has 21 heavy (non-hydrogen) atoms. The zero-order valence-electron chi connectivity index (χ0n) is 11.5. The number of hydrogen-bond acceptors (Lipinski definition) is 5. The summed E-state index contributed by atoms with van der Waals surface area (Å²) in [4.78, 5) is 12.5. The van der Waals surface area contributed by atoms with Gasteiger partial charge in [0.2, 0.25) is 0 Å². The highest BCUT2D eigenvalue weighted by atomic mass is 79.9. The maximum atomic E-state index is 6.05. The Morgan fingerprint density at radius 3 is 2.71 bits per heavy atom. The van der Waals surface area contributed by atoms with E-state index in [9.17, 15) is 0 Å². The molecule has 3 rings (SSSR count). The van der Waals surface area contributed by atoms with Gasteiger partial charge in [0.05, 0.1) is 11.1 Å². The van der Waals surface area contributed by atoms with Gasteiger partial charge in [0, 0.05) is 14.2 Å². The fourth-order valence-corrected chi connectivity index (χ4v) is 3.97. The van der Waals surface area contributed by atoms with Crippen molar-refractivity contribution in [3.8, 4) is 0 Å². The Bertz CT molecular complexity index is 768. The van der Waals surface area contributed by atoms with Gasteiger partial charge in [-0.3, -0.25) is 0 Å². The highest BCUT2D eigenvalue weighted by Crippen LogP contribution is 2.29. The van der Waals surface area contributed by atoms with Crippen molar-refractivity contribution in [1.29, 1.82) is 0 Å². The number of thiophene rings is 1. The molecule has 0 aliphatic heterocycles. The van der Waals surface area contributed by atoms with E-state index in [0.29, 0.717) is 5.82 Å². The fourth-order valence-electron chi connectivity index (χ4n) is 1.96. The maximum Gasteiger partial charge on any atom is 0.142 e. The Morgan fingerprint density at radius 2 is 2.00 bits per heavy atom. The molecule has 0 unspecified atom stereocenters. The molecule has 0 bridgehead atoms. The van der Waals surface area contributed by atoms with E-state index in [1.54, 1.807) is 23.1 Å². The normalized spacial score (nSPS) is 11.1. The van der Waals surface area contributed by atoms with E-state index in [1.165, 1.54) is 9.77 Å². The first-order valence-electron chi connectivity index (χ1n) is 6.59. The number of halogens is 1. The quantitative estimate of drug-likeness (QED) is 0.655. The monoisotopic (exact) mass is 379 g/mol. The summed E-state index contributed by atoms with van der Waals surface area (Å²) in [7, 11) is 0. The molecule has 2 aromatic heterocycles. The third-order valence-corrected chi connectivity index (χ3v) is 5.76. The predicted octanol–water partition coefficient (Wildman–Crippen LogP) is 4.89. The third kappa shape index (κ3) is 3.39. The van der Waals surface area contributed by atoms with Crippen molar-refractivity contribution >= 4 is 55.1 Å². The van der Waals surface area contributed by atoms with Crippen molar-refractivity contribution < 1.29 is 0 Å². The average molecular weight is 380 g/mol. The van der Waals surface area contributed by atoms with Crippen LogP contribution < -0.4 is 5.73 Å². The molecule has 2 heterocycles. The van der Waals surface area contributed by atoms with Crippen LogP contribution in [0, 0.1) is 0 Å². The lowest BCUT2D eigenvalue weighted by molar-refractivity contribution is 1.08. The first-order valence-corrected chi connectivity index (χ1v) is 9.18. The maximum absolute atomic E-state index is 6.05. The fraction of sp³-hybridized carbons (Fsp3) is 0.200. The molecule has 0 atom stereocenters. The summed E-state index contributed by atoms with van der Waals surface area (Å²) >= 11 is 6.86. The van der Waals surface area contributed by atoms with Gasteiger partial charge >= 0.3 is 0 Å². The van der Waals surface area contributed by atoms with E-state index in [-0.39, 0.29) is 0 Å². The van der Waals surface area contributed by atoms with Crippen LogP contribution in [-0.4, -0.2) is 9.97 Å². The van der Waals surface area contributed by atoms with Gasteiger partial charge in [-0.1, -0.05) is 22.9 Å². The Morgan fingerprint density at radius 1 is 1.24 bits per heavy atom. The SMILES string of the molecule is CCc1cc2c(N)nc(CSc3ccc(Br)cc3)nc2s1. The highest BCUT2D eigenvalue weighted by Gasteiger charge is 2.09. The molecule has 3 aromatic rings. The van der Waals surface area contributed by atoms with Gasteiger partial charge in [0.15, 0.2) is 0 Å². The Kier molecular flexibility index (Phi) is 4.47. The van der Waals surface area contributed by atoms with E-state index >= 15 is 0 Å². The Hall–Kier alpha value is -1.11. The molecular weight excluding hydrogens is 366 g/mol. The summed E-state index contributed by atoms with van der Waals surface area (Å²) in [6, 6.07) is 10.3. The minimum absolute atomic E-state index is 0.586. The average Bonchev–Trinajstić information content (AvgIpc) is 2.90. The Labute approximate surface area is 140 Å². The first-order chi connectivity index (χ1) is 10.2. The number of thioether (sulfide) groups is 1. The van der Waals surface area contributed by atoms with Crippen LogP contribution in [0.15, 0.2) is 39.7 Å². The highest BCUT2D eigenvalue weighted by molar-refractivity contribution is 9.10. The number of aromatic nitrogens is 2. The molecule has 2 N–H and O–H groups in total. The van der Waals surface area contributed by atoms with E-state index < -0.39 is 0 Å². The summed E-state index contributed by atoms with van der Waals surface area (Å²) < 4.78 is 1.08. The number of nitrogen functional groups attached to an aromatic ring is 1. The van der Waals surface area contributed by atoms with Crippen molar-refractivity contribution in [2.75, 3.05) is 5.73 Å². The molecule has 3 nitrogen and oxygen atoms in total. The number of anilines is 1. The van der Waals surface area contributed by atoms with Gasteiger partial charge in [-0.2, -0.15) is 0 Å². The van der Waals surface area contributed by atoms with Crippen LogP contribution in [0.1, 0.15) is 17.6 Å². The first kappa shape index (κ1) is 14.8. The van der Waals surface area contributed by atoms with Crippen LogP contribution in [0.2, 0.25) is 0 Å². The molecule has 0 fully saturated rings. The van der Waals surface area contributed by atoms with Crippen molar-refractivity contribution in [1.82, 2.24) is 9.97 Å². The van der Waals surface area contributed by atoms with Crippen LogP contribution in [0.4, 0.5) is 5.82 Å². The number of aryl methyl sites for hydroxylation is 1. The minimum Gasteiger partial charge on any atom is -0.383 e. The number of hydrogen-bond donors (Lipinski definition) is 1. The van der Waals surface area contributed by atoms with Crippen molar-refractivity contribution in [3.05, 3.63) is 45.5 Å². The van der Waals surface area contributed by atoms with Gasteiger partial charge < -0.3 is 5.73 Å². The molecule has 0 radical (unpaired) electrons. The molecule has 0 aliphatic carbocycles. The van der Waals surface area contributed by atoms with Crippen LogP contribution in [0.25, 0.3) is 10.2 Å². The second kappa shape index (κ2) is 6.34. The second-order valence-electron chi connectivity index (χ2n) is 4.55.